The number of fused-ring (bicyclic) bond motifs is 1. The van der Waals surface area contributed by atoms with Crippen LogP contribution in [0.1, 0.15) is 55.5 Å². The molecule has 6 heteroatoms. The maximum Gasteiger partial charge on any atom is 0.318 e. The standard InChI is InChI=1S/C17H24N2O3S/c1-2-14-13-8-10-23-15(13)7-9-19(14)17(22)18-12-5-3-11(4-6-12)16(20)21/h8,10-12,14H,2-7,9H2,1H3,(H,18,22)(H,20,21). The number of rotatable bonds is 3. The molecule has 1 aromatic heterocycles. The van der Waals surface area contributed by atoms with Gasteiger partial charge in [0.15, 0.2) is 0 Å². The predicted molar refractivity (Wildman–Crippen MR) is 89.7 cm³/mol. The van der Waals surface area contributed by atoms with Crippen molar-refractivity contribution >= 4 is 23.3 Å². The lowest BCUT2D eigenvalue weighted by Crippen LogP contribution is -2.49. The molecular formula is C17H24N2O3S. The minimum absolute atomic E-state index is 0.00692. The van der Waals surface area contributed by atoms with Gasteiger partial charge in [0.25, 0.3) is 0 Å². The number of urea groups is 1. The van der Waals surface area contributed by atoms with E-state index in [1.807, 2.05) is 4.90 Å². The van der Waals surface area contributed by atoms with E-state index in [1.165, 1.54) is 10.4 Å². The van der Waals surface area contributed by atoms with Gasteiger partial charge < -0.3 is 15.3 Å². The van der Waals surface area contributed by atoms with Crippen molar-refractivity contribution in [3.63, 3.8) is 0 Å². The number of thiophene rings is 1. The van der Waals surface area contributed by atoms with Crippen LogP contribution in [0.25, 0.3) is 0 Å². The summed E-state index contributed by atoms with van der Waals surface area (Å²) < 4.78 is 0. The Morgan fingerprint density at radius 3 is 2.74 bits per heavy atom. The molecule has 1 atom stereocenters. The second kappa shape index (κ2) is 6.91. The molecule has 0 bridgehead atoms. The molecule has 5 nitrogen and oxygen atoms in total. The van der Waals surface area contributed by atoms with E-state index in [-0.39, 0.29) is 24.0 Å². The lowest BCUT2D eigenvalue weighted by Gasteiger charge is -2.37. The van der Waals surface area contributed by atoms with Gasteiger partial charge in [-0.25, -0.2) is 4.79 Å². The summed E-state index contributed by atoms with van der Waals surface area (Å²) in [6.07, 6.45) is 4.69. The molecule has 0 spiro atoms. The molecule has 1 aliphatic heterocycles. The highest BCUT2D eigenvalue weighted by molar-refractivity contribution is 7.10. The first-order valence-corrected chi connectivity index (χ1v) is 9.34. The van der Waals surface area contributed by atoms with Crippen LogP contribution in [-0.4, -0.2) is 34.6 Å². The van der Waals surface area contributed by atoms with Crippen molar-refractivity contribution in [3.05, 3.63) is 21.9 Å². The molecule has 1 unspecified atom stereocenters. The van der Waals surface area contributed by atoms with Crippen LogP contribution >= 0.6 is 11.3 Å². The number of nitrogens with one attached hydrogen (secondary N) is 1. The second-order valence-electron chi connectivity index (χ2n) is 6.50. The summed E-state index contributed by atoms with van der Waals surface area (Å²) in [6, 6.07) is 2.43. The van der Waals surface area contributed by atoms with E-state index in [1.54, 1.807) is 11.3 Å². The average molecular weight is 336 g/mol. The third-order valence-electron chi connectivity index (χ3n) is 5.15. The Morgan fingerprint density at radius 2 is 2.09 bits per heavy atom. The van der Waals surface area contributed by atoms with Crippen molar-refractivity contribution in [1.82, 2.24) is 10.2 Å². The lowest BCUT2D eigenvalue weighted by molar-refractivity contribution is -0.142. The van der Waals surface area contributed by atoms with Crippen molar-refractivity contribution in [2.75, 3.05) is 6.54 Å². The fourth-order valence-electron chi connectivity index (χ4n) is 3.82. The molecule has 2 aliphatic rings. The van der Waals surface area contributed by atoms with Crippen LogP contribution in [0.4, 0.5) is 4.79 Å². The summed E-state index contributed by atoms with van der Waals surface area (Å²) in [5.41, 5.74) is 1.30. The van der Waals surface area contributed by atoms with Gasteiger partial charge in [0.1, 0.15) is 0 Å². The Hall–Kier alpha value is -1.56. The summed E-state index contributed by atoms with van der Waals surface area (Å²) >= 11 is 1.78. The zero-order chi connectivity index (χ0) is 16.4. The van der Waals surface area contributed by atoms with Crippen LogP contribution < -0.4 is 5.32 Å². The monoisotopic (exact) mass is 336 g/mol. The second-order valence-corrected chi connectivity index (χ2v) is 7.50. The number of carboxylic acid groups (broad SMARTS) is 1. The molecule has 0 aromatic carbocycles. The largest absolute Gasteiger partial charge is 0.481 e. The molecule has 2 amide bonds. The Labute approximate surface area is 140 Å². The van der Waals surface area contributed by atoms with E-state index >= 15 is 0 Å². The zero-order valence-corrected chi connectivity index (χ0v) is 14.3. The van der Waals surface area contributed by atoms with Crippen molar-refractivity contribution in [1.29, 1.82) is 0 Å². The molecule has 23 heavy (non-hydrogen) atoms. The number of hydrogen-bond donors (Lipinski definition) is 2. The number of carbonyl (C=O) groups excluding carboxylic acids is 1. The van der Waals surface area contributed by atoms with Gasteiger partial charge in [0, 0.05) is 17.5 Å². The fourth-order valence-corrected chi connectivity index (χ4v) is 4.75. The van der Waals surface area contributed by atoms with Gasteiger partial charge in [-0.2, -0.15) is 0 Å². The molecule has 1 aromatic rings. The fraction of sp³-hybridized carbons (Fsp3) is 0.647. The van der Waals surface area contributed by atoms with Crippen molar-refractivity contribution < 1.29 is 14.7 Å². The summed E-state index contributed by atoms with van der Waals surface area (Å²) in [5.74, 6) is -0.947. The number of carboxylic acids is 1. The Balaban J connectivity index is 1.60. The van der Waals surface area contributed by atoms with Crippen LogP contribution in [0.15, 0.2) is 11.4 Å². The normalized spacial score (nSPS) is 27.3. The summed E-state index contributed by atoms with van der Waals surface area (Å²) in [5, 5.41) is 14.3. The Morgan fingerprint density at radius 1 is 1.35 bits per heavy atom. The highest BCUT2D eigenvalue weighted by Crippen LogP contribution is 2.35. The molecule has 126 valence electrons. The molecule has 1 fully saturated rings. The van der Waals surface area contributed by atoms with Crippen LogP contribution in [0.5, 0.6) is 0 Å². The van der Waals surface area contributed by atoms with E-state index in [0.717, 1.165) is 32.2 Å². The molecular weight excluding hydrogens is 312 g/mol. The van der Waals surface area contributed by atoms with E-state index in [0.29, 0.717) is 12.8 Å². The molecule has 0 radical (unpaired) electrons. The molecule has 3 rings (SSSR count). The van der Waals surface area contributed by atoms with E-state index in [9.17, 15) is 9.59 Å². The maximum absolute atomic E-state index is 12.7. The quantitative estimate of drug-likeness (QED) is 0.888. The van der Waals surface area contributed by atoms with Crippen molar-refractivity contribution in [3.8, 4) is 0 Å². The van der Waals surface area contributed by atoms with Crippen molar-refractivity contribution in [2.45, 2.75) is 57.5 Å². The van der Waals surface area contributed by atoms with Gasteiger partial charge in [0.05, 0.1) is 12.0 Å². The first-order chi connectivity index (χ1) is 11.1. The summed E-state index contributed by atoms with van der Waals surface area (Å²) in [7, 11) is 0. The maximum atomic E-state index is 12.7. The number of carbonyl (C=O) groups is 2. The molecule has 0 saturated heterocycles. The van der Waals surface area contributed by atoms with Gasteiger partial charge in [-0.1, -0.05) is 6.92 Å². The van der Waals surface area contributed by atoms with E-state index in [2.05, 4.69) is 23.7 Å². The highest BCUT2D eigenvalue weighted by Gasteiger charge is 2.32. The lowest BCUT2D eigenvalue weighted by atomic mass is 9.86. The molecule has 2 heterocycles. The average Bonchev–Trinajstić information content (AvgIpc) is 3.02. The Bertz CT molecular complexity index is 578. The van der Waals surface area contributed by atoms with Gasteiger partial charge in [0.2, 0.25) is 0 Å². The number of hydrogen-bond acceptors (Lipinski definition) is 3. The van der Waals surface area contributed by atoms with Gasteiger partial charge in [-0.05, 0) is 55.5 Å². The van der Waals surface area contributed by atoms with Gasteiger partial charge in [-0.3, -0.25) is 4.79 Å². The van der Waals surface area contributed by atoms with Crippen molar-refractivity contribution in [2.24, 2.45) is 5.92 Å². The SMILES string of the molecule is CCC1c2ccsc2CCN1C(=O)NC1CCC(C(=O)O)CC1. The zero-order valence-electron chi connectivity index (χ0n) is 13.5. The molecule has 1 aliphatic carbocycles. The van der Waals surface area contributed by atoms with Crippen LogP contribution in [0.2, 0.25) is 0 Å². The predicted octanol–water partition coefficient (Wildman–Crippen LogP) is 3.41. The van der Waals surface area contributed by atoms with Crippen LogP contribution in [0.3, 0.4) is 0 Å². The van der Waals surface area contributed by atoms with Crippen LogP contribution in [-0.2, 0) is 11.2 Å². The Kier molecular flexibility index (Phi) is 4.90. The minimum Gasteiger partial charge on any atom is -0.481 e. The number of amides is 2. The van der Waals surface area contributed by atoms with Gasteiger partial charge in [-0.15, -0.1) is 11.3 Å². The van der Waals surface area contributed by atoms with E-state index in [4.69, 9.17) is 5.11 Å². The topological polar surface area (TPSA) is 69.6 Å². The summed E-state index contributed by atoms with van der Waals surface area (Å²) in [4.78, 5) is 27.1. The highest BCUT2D eigenvalue weighted by atomic mass is 32.1. The smallest absolute Gasteiger partial charge is 0.318 e. The molecule has 2 N–H and O–H groups in total. The number of aliphatic carboxylic acids is 1. The van der Waals surface area contributed by atoms with E-state index < -0.39 is 5.97 Å². The first kappa shape index (κ1) is 16.3. The van der Waals surface area contributed by atoms with Gasteiger partial charge >= 0.3 is 12.0 Å². The number of nitrogens with zero attached hydrogens (tertiary/aromatic N) is 1. The van der Waals surface area contributed by atoms with Crippen LogP contribution in [0, 0.1) is 5.92 Å². The third-order valence-corrected chi connectivity index (χ3v) is 6.14. The minimum atomic E-state index is -0.707. The molecule has 1 saturated carbocycles. The summed E-state index contributed by atoms with van der Waals surface area (Å²) in [6.45, 7) is 2.89. The first-order valence-electron chi connectivity index (χ1n) is 8.46. The third kappa shape index (κ3) is 3.37.